The lowest BCUT2D eigenvalue weighted by molar-refractivity contribution is 0.0947. The molecule has 3 aromatic carbocycles. The molecule has 0 atom stereocenters. The second kappa shape index (κ2) is 9.35. The predicted octanol–water partition coefficient (Wildman–Crippen LogP) is 4.14. The minimum atomic E-state index is -4.06. The summed E-state index contributed by atoms with van der Waals surface area (Å²) in [5.41, 5.74) is 1.54. The molecule has 4 aromatic rings. The number of carbonyl (C=O) groups excluding carboxylic acids is 2. The van der Waals surface area contributed by atoms with Gasteiger partial charge in [0.1, 0.15) is 5.82 Å². The van der Waals surface area contributed by atoms with Crippen molar-refractivity contribution in [2.24, 2.45) is 0 Å². The fourth-order valence-electron chi connectivity index (χ4n) is 4.05. The Kier molecular flexibility index (Phi) is 6.07. The molecule has 36 heavy (non-hydrogen) atoms. The second-order valence-electron chi connectivity index (χ2n) is 8.20. The number of amides is 2. The third kappa shape index (κ3) is 4.36. The molecule has 2 amide bonds. The van der Waals surface area contributed by atoms with Gasteiger partial charge in [-0.15, -0.1) is 0 Å². The average Bonchev–Trinajstić information content (AvgIpc) is 2.97. The zero-order chi connectivity index (χ0) is 25.3. The molecule has 0 spiro atoms. The zero-order valence-electron chi connectivity index (χ0n) is 18.9. The molecule has 1 N–H and O–H groups in total. The average molecular weight is 502 g/mol. The molecule has 0 aliphatic carbocycles. The highest BCUT2D eigenvalue weighted by Crippen LogP contribution is 2.38. The molecule has 0 bridgehead atoms. The van der Waals surface area contributed by atoms with E-state index in [2.05, 4.69) is 10.3 Å². The van der Waals surface area contributed by atoms with Gasteiger partial charge in [0.15, 0.2) is 0 Å². The molecule has 180 valence electrons. The van der Waals surface area contributed by atoms with E-state index in [9.17, 15) is 22.4 Å². The van der Waals surface area contributed by atoms with Gasteiger partial charge >= 0.3 is 0 Å². The van der Waals surface area contributed by atoms with Gasteiger partial charge in [-0.05, 0) is 60.2 Å². The molecular formula is C27H20FN3O4S. The van der Waals surface area contributed by atoms with Crippen LogP contribution in [-0.4, -0.2) is 25.2 Å². The predicted molar refractivity (Wildman–Crippen MR) is 131 cm³/mol. The summed E-state index contributed by atoms with van der Waals surface area (Å²) < 4.78 is 40.6. The Bertz CT molecular complexity index is 1570. The normalized spacial score (nSPS) is 13.9. The van der Waals surface area contributed by atoms with Crippen LogP contribution >= 0.6 is 0 Å². The van der Waals surface area contributed by atoms with Crippen LogP contribution < -0.4 is 10.2 Å². The van der Waals surface area contributed by atoms with Crippen molar-refractivity contribution in [1.29, 1.82) is 0 Å². The Balaban J connectivity index is 1.59. The van der Waals surface area contributed by atoms with Crippen molar-refractivity contribution < 1.29 is 22.4 Å². The zero-order valence-corrected chi connectivity index (χ0v) is 19.7. The van der Waals surface area contributed by atoms with Crippen molar-refractivity contribution in [1.82, 2.24) is 10.3 Å². The van der Waals surface area contributed by atoms with E-state index in [-0.39, 0.29) is 39.7 Å². The van der Waals surface area contributed by atoms with Crippen LogP contribution in [0.15, 0.2) is 101 Å². The van der Waals surface area contributed by atoms with Gasteiger partial charge in [-0.25, -0.2) is 12.8 Å². The third-order valence-electron chi connectivity index (χ3n) is 5.86. The highest BCUT2D eigenvalue weighted by molar-refractivity contribution is 7.91. The van der Waals surface area contributed by atoms with Crippen LogP contribution in [-0.2, 0) is 22.9 Å². The van der Waals surface area contributed by atoms with Crippen LogP contribution in [0.3, 0.4) is 0 Å². The van der Waals surface area contributed by atoms with Crippen molar-refractivity contribution in [2.75, 3.05) is 4.90 Å². The van der Waals surface area contributed by atoms with Gasteiger partial charge in [-0.2, -0.15) is 0 Å². The standard InChI is InChI=1S/C27H20FN3O4S/c28-20-11-8-18(9-12-20)17-31-23-15-19(26(32)30-16-21-5-3-4-14-29-21)10-13-25(23)36(34,35)24-7-2-1-6-22(24)27(31)33/h1-15H,16-17H2,(H,30,32). The van der Waals surface area contributed by atoms with E-state index in [4.69, 9.17) is 0 Å². The van der Waals surface area contributed by atoms with Gasteiger partial charge in [-0.3, -0.25) is 14.6 Å². The lowest BCUT2D eigenvalue weighted by atomic mass is 10.1. The number of halogens is 1. The molecule has 0 fully saturated rings. The lowest BCUT2D eigenvalue weighted by Crippen LogP contribution is -2.31. The molecule has 0 saturated carbocycles. The number of carbonyl (C=O) groups is 2. The van der Waals surface area contributed by atoms with Crippen LogP contribution in [0.4, 0.5) is 10.1 Å². The summed E-state index contributed by atoms with van der Waals surface area (Å²) in [5.74, 6) is -1.42. The minimum absolute atomic E-state index is 0.0189. The van der Waals surface area contributed by atoms with Crippen LogP contribution in [0.25, 0.3) is 0 Å². The summed E-state index contributed by atoms with van der Waals surface area (Å²) in [4.78, 5) is 31.8. The van der Waals surface area contributed by atoms with E-state index >= 15 is 0 Å². The molecule has 1 aliphatic heterocycles. The summed E-state index contributed by atoms with van der Waals surface area (Å²) >= 11 is 0. The number of nitrogens with zero attached hydrogens (tertiary/aromatic N) is 2. The van der Waals surface area contributed by atoms with Gasteiger partial charge in [0.05, 0.1) is 39.8 Å². The van der Waals surface area contributed by atoms with Crippen LogP contribution in [0, 0.1) is 5.82 Å². The van der Waals surface area contributed by atoms with E-state index in [1.807, 2.05) is 0 Å². The molecule has 0 radical (unpaired) electrons. The first-order chi connectivity index (χ1) is 17.3. The number of hydrogen-bond donors (Lipinski definition) is 1. The van der Waals surface area contributed by atoms with E-state index < -0.39 is 27.5 Å². The molecule has 2 heterocycles. The largest absolute Gasteiger partial charge is 0.346 e. The topological polar surface area (TPSA) is 96.4 Å². The van der Waals surface area contributed by atoms with Crippen LogP contribution in [0.2, 0.25) is 0 Å². The summed E-state index contributed by atoms with van der Waals surface area (Å²) in [6.07, 6.45) is 1.62. The maximum absolute atomic E-state index is 13.6. The number of aromatic nitrogens is 1. The quantitative estimate of drug-likeness (QED) is 0.443. The highest BCUT2D eigenvalue weighted by Gasteiger charge is 2.36. The van der Waals surface area contributed by atoms with E-state index in [1.165, 1.54) is 59.5 Å². The summed E-state index contributed by atoms with van der Waals surface area (Å²) in [6, 6.07) is 21.1. The number of anilines is 1. The highest BCUT2D eigenvalue weighted by atomic mass is 32.2. The smallest absolute Gasteiger partial charge is 0.259 e. The van der Waals surface area contributed by atoms with Crippen molar-refractivity contribution in [3.8, 4) is 0 Å². The monoisotopic (exact) mass is 501 g/mol. The molecule has 1 aromatic heterocycles. The molecule has 0 saturated heterocycles. The number of benzene rings is 3. The SMILES string of the molecule is O=C(NCc1ccccn1)c1ccc2c(c1)N(Cc1ccc(F)cc1)C(=O)c1ccccc1S2(=O)=O. The fourth-order valence-corrected chi connectivity index (χ4v) is 5.68. The Labute approximate surface area is 207 Å². The van der Waals surface area contributed by atoms with E-state index in [0.29, 0.717) is 11.3 Å². The Morgan fingerprint density at radius 2 is 1.67 bits per heavy atom. The van der Waals surface area contributed by atoms with Crippen molar-refractivity contribution in [3.63, 3.8) is 0 Å². The molecule has 5 rings (SSSR count). The molecule has 9 heteroatoms. The van der Waals surface area contributed by atoms with Gasteiger partial charge in [-0.1, -0.05) is 30.3 Å². The first-order valence-electron chi connectivity index (χ1n) is 11.1. The summed E-state index contributed by atoms with van der Waals surface area (Å²) in [6.45, 7) is 0.160. The number of nitrogens with one attached hydrogen (secondary N) is 1. The second-order valence-corrected chi connectivity index (χ2v) is 10.1. The number of sulfone groups is 1. The van der Waals surface area contributed by atoms with Crippen molar-refractivity contribution in [3.05, 3.63) is 119 Å². The number of hydrogen-bond acceptors (Lipinski definition) is 5. The Morgan fingerprint density at radius 3 is 2.42 bits per heavy atom. The van der Waals surface area contributed by atoms with Crippen LogP contribution in [0.5, 0.6) is 0 Å². The van der Waals surface area contributed by atoms with E-state index in [1.54, 1.807) is 36.5 Å². The van der Waals surface area contributed by atoms with Crippen LogP contribution in [0.1, 0.15) is 32.0 Å². The first-order valence-corrected chi connectivity index (χ1v) is 12.6. The maximum atomic E-state index is 13.6. The Morgan fingerprint density at radius 1 is 0.917 bits per heavy atom. The number of pyridine rings is 1. The maximum Gasteiger partial charge on any atom is 0.259 e. The van der Waals surface area contributed by atoms with E-state index in [0.717, 1.165) is 0 Å². The number of fused-ring (bicyclic) bond motifs is 2. The third-order valence-corrected chi connectivity index (χ3v) is 7.72. The fraction of sp³-hybridized carbons (Fsp3) is 0.0741. The summed E-state index contributed by atoms with van der Waals surface area (Å²) in [5, 5.41) is 2.76. The molecule has 0 unspecified atom stereocenters. The minimum Gasteiger partial charge on any atom is -0.346 e. The number of rotatable bonds is 5. The molecule has 7 nitrogen and oxygen atoms in total. The molecule has 1 aliphatic rings. The Hall–Kier alpha value is -4.37. The van der Waals surface area contributed by atoms with Gasteiger partial charge in [0, 0.05) is 11.8 Å². The van der Waals surface area contributed by atoms with Gasteiger partial charge < -0.3 is 10.2 Å². The van der Waals surface area contributed by atoms with Crippen molar-refractivity contribution >= 4 is 27.3 Å². The summed E-state index contributed by atoms with van der Waals surface area (Å²) in [7, 11) is -4.06. The van der Waals surface area contributed by atoms with Crippen molar-refractivity contribution in [2.45, 2.75) is 22.9 Å². The first kappa shape index (κ1) is 23.4. The van der Waals surface area contributed by atoms with Gasteiger partial charge in [0.2, 0.25) is 9.84 Å². The lowest BCUT2D eigenvalue weighted by Gasteiger charge is -2.23. The van der Waals surface area contributed by atoms with Gasteiger partial charge in [0.25, 0.3) is 11.8 Å². The molecular weight excluding hydrogens is 481 g/mol.